The van der Waals surface area contributed by atoms with Crippen LogP contribution < -0.4 is 0 Å². The summed E-state index contributed by atoms with van der Waals surface area (Å²) < 4.78 is 0. The van der Waals surface area contributed by atoms with Gasteiger partial charge in [-0.25, -0.2) is 0 Å². The van der Waals surface area contributed by atoms with Crippen LogP contribution >= 0.6 is 0 Å². The molecule has 0 fully saturated rings. The van der Waals surface area contributed by atoms with Gasteiger partial charge < -0.3 is 5.11 Å². The van der Waals surface area contributed by atoms with Gasteiger partial charge in [0.05, 0.1) is 0 Å². The number of rotatable bonds is 12. The molecule has 0 saturated carbocycles. The average molecular weight is 313 g/mol. The van der Waals surface area contributed by atoms with Gasteiger partial charge in [-0.05, 0) is 20.3 Å². The summed E-state index contributed by atoms with van der Waals surface area (Å²) in [4.78, 5) is 10.3. The first-order chi connectivity index (χ1) is 10.6. The lowest BCUT2D eigenvalue weighted by Gasteiger charge is -2.01. The van der Waals surface area contributed by atoms with E-state index in [0.29, 0.717) is 6.42 Å². The molecule has 0 bridgehead atoms. The van der Waals surface area contributed by atoms with Crippen LogP contribution in [0.4, 0.5) is 0 Å². The Hall–Kier alpha value is -1.05. The number of carbonyl (C=O) groups is 1. The molecule has 0 aliphatic heterocycles. The fraction of sp³-hybridized carbons (Fsp3) is 0.750. The molecule has 0 rings (SSSR count). The Balaban J connectivity index is -0.000000515. The van der Waals surface area contributed by atoms with Crippen molar-refractivity contribution in [3.8, 4) is 0 Å². The van der Waals surface area contributed by atoms with Crippen molar-refractivity contribution in [1.29, 1.82) is 0 Å². The van der Waals surface area contributed by atoms with Gasteiger partial charge in [0.25, 0.3) is 0 Å². The van der Waals surface area contributed by atoms with Crippen LogP contribution in [0, 0.1) is 0 Å². The predicted octanol–water partition coefficient (Wildman–Crippen LogP) is 7.16. The molecule has 2 heteroatoms. The molecule has 0 atom stereocenters. The zero-order valence-corrected chi connectivity index (χ0v) is 15.4. The summed E-state index contributed by atoms with van der Waals surface area (Å²) in [6, 6.07) is 0. The second-order valence-corrected chi connectivity index (χ2v) is 5.50. The highest BCUT2D eigenvalue weighted by Crippen LogP contribution is 2.11. The zero-order valence-electron chi connectivity index (χ0n) is 15.4. The first-order valence-electron chi connectivity index (χ1n) is 8.96. The summed E-state index contributed by atoms with van der Waals surface area (Å²) in [5, 5.41) is 8.46. The molecule has 0 radical (unpaired) electrons. The number of allylic oxidation sites excluding steroid dienone is 2. The normalized spacial score (nSPS) is 8.86. The Kier molecular flexibility index (Phi) is 33.1. The lowest BCUT2D eigenvalue weighted by Crippen LogP contribution is -1.93. The summed E-state index contributed by atoms with van der Waals surface area (Å²) in [6.45, 7) is 12.7. The highest BCUT2D eigenvalue weighted by molar-refractivity contribution is 5.66. The van der Waals surface area contributed by atoms with E-state index >= 15 is 0 Å². The standard InChI is InChI=1S/C14H28O2.2C3H6/c1-2-3-4-5-6-7-8-9-10-11-12-13-14(15)16;2*1-3-2/h2-13H2,1H3,(H,15,16);2*3H,1H2,2H3. The molecule has 0 spiro atoms. The van der Waals surface area contributed by atoms with Crippen molar-refractivity contribution in [3.63, 3.8) is 0 Å². The Bertz CT molecular complexity index is 216. The third-order valence-corrected chi connectivity index (χ3v) is 2.99. The lowest BCUT2D eigenvalue weighted by molar-refractivity contribution is -0.137. The monoisotopic (exact) mass is 312 g/mol. The van der Waals surface area contributed by atoms with Gasteiger partial charge >= 0.3 is 5.97 Å². The maximum absolute atomic E-state index is 10.3. The van der Waals surface area contributed by atoms with Crippen molar-refractivity contribution in [2.24, 2.45) is 0 Å². The van der Waals surface area contributed by atoms with Gasteiger partial charge in [0.2, 0.25) is 0 Å². The third kappa shape index (κ3) is 42.8. The van der Waals surface area contributed by atoms with E-state index in [2.05, 4.69) is 20.1 Å². The molecular formula is C20H40O2. The van der Waals surface area contributed by atoms with Gasteiger partial charge in [-0.3, -0.25) is 4.79 Å². The van der Waals surface area contributed by atoms with E-state index in [1.807, 2.05) is 13.8 Å². The van der Waals surface area contributed by atoms with Crippen molar-refractivity contribution in [2.45, 2.75) is 97.8 Å². The highest BCUT2D eigenvalue weighted by Gasteiger charge is 1.96. The Morgan fingerprint density at radius 1 is 0.773 bits per heavy atom. The molecular weight excluding hydrogens is 272 g/mol. The number of hydrogen-bond donors (Lipinski definition) is 1. The molecule has 132 valence electrons. The minimum atomic E-state index is -0.657. The number of hydrogen-bond acceptors (Lipinski definition) is 1. The molecule has 2 nitrogen and oxygen atoms in total. The second-order valence-electron chi connectivity index (χ2n) is 5.50. The van der Waals surface area contributed by atoms with Crippen LogP contribution in [0.5, 0.6) is 0 Å². The van der Waals surface area contributed by atoms with Gasteiger partial charge in [0, 0.05) is 6.42 Å². The van der Waals surface area contributed by atoms with E-state index in [0.717, 1.165) is 12.8 Å². The molecule has 0 amide bonds. The van der Waals surface area contributed by atoms with Gasteiger partial charge in [-0.15, -0.1) is 13.2 Å². The molecule has 1 N–H and O–H groups in total. The number of carboxylic acid groups (broad SMARTS) is 1. The molecule has 0 unspecified atom stereocenters. The van der Waals surface area contributed by atoms with Crippen LogP contribution in [-0.4, -0.2) is 11.1 Å². The minimum Gasteiger partial charge on any atom is -0.481 e. The topological polar surface area (TPSA) is 37.3 Å². The van der Waals surface area contributed by atoms with Crippen molar-refractivity contribution >= 4 is 5.97 Å². The maximum Gasteiger partial charge on any atom is 0.303 e. The summed E-state index contributed by atoms with van der Waals surface area (Å²) in [6.07, 6.45) is 17.9. The van der Waals surface area contributed by atoms with Crippen LogP contribution in [0.1, 0.15) is 97.8 Å². The fourth-order valence-electron chi connectivity index (χ4n) is 1.94. The predicted molar refractivity (Wildman–Crippen MR) is 100 cm³/mol. The SMILES string of the molecule is C=CC.C=CC.CCCCCCCCCCCCCC(=O)O. The van der Waals surface area contributed by atoms with Crippen LogP contribution in [-0.2, 0) is 4.79 Å². The molecule has 0 heterocycles. The molecule has 0 aliphatic rings. The van der Waals surface area contributed by atoms with E-state index in [-0.39, 0.29) is 0 Å². The lowest BCUT2D eigenvalue weighted by atomic mass is 10.1. The summed E-state index contributed by atoms with van der Waals surface area (Å²) in [5.41, 5.74) is 0. The first kappa shape index (κ1) is 25.9. The van der Waals surface area contributed by atoms with E-state index in [1.54, 1.807) is 12.2 Å². The molecule has 0 aromatic heterocycles. The second kappa shape index (κ2) is 28.2. The number of unbranched alkanes of at least 4 members (excludes halogenated alkanes) is 10. The van der Waals surface area contributed by atoms with Crippen LogP contribution in [0.2, 0.25) is 0 Å². The van der Waals surface area contributed by atoms with Gasteiger partial charge in [0.15, 0.2) is 0 Å². The van der Waals surface area contributed by atoms with Gasteiger partial charge in [-0.1, -0.05) is 83.3 Å². The Labute approximate surface area is 139 Å². The van der Waals surface area contributed by atoms with Crippen molar-refractivity contribution in [3.05, 3.63) is 25.3 Å². The zero-order chi connectivity index (χ0) is 17.5. The Morgan fingerprint density at radius 3 is 1.32 bits per heavy atom. The van der Waals surface area contributed by atoms with Crippen LogP contribution in [0.15, 0.2) is 25.3 Å². The van der Waals surface area contributed by atoms with Crippen LogP contribution in [0.3, 0.4) is 0 Å². The largest absolute Gasteiger partial charge is 0.481 e. The number of aliphatic carboxylic acids is 1. The molecule has 0 aliphatic carbocycles. The molecule has 0 saturated heterocycles. The number of carboxylic acids is 1. The maximum atomic E-state index is 10.3. The van der Waals surface area contributed by atoms with Crippen molar-refractivity contribution in [1.82, 2.24) is 0 Å². The van der Waals surface area contributed by atoms with E-state index in [9.17, 15) is 4.79 Å². The minimum absolute atomic E-state index is 0.344. The van der Waals surface area contributed by atoms with E-state index < -0.39 is 5.97 Å². The highest BCUT2D eigenvalue weighted by atomic mass is 16.4. The smallest absolute Gasteiger partial charge is 0.303 e. The van der Waals surface area contributed by atoms with Gasteiger partial charge in [-0.2, -0.15) is 0 Å². The van der Waals surface area contributed by atoms with Gasteiger partial charge in [0.1, 0.15) is 0 Å². The first-order valence-corrected chi connectivity index (χ1v) is 8.96. The van der Waals surface area contributed by atoms with Crippen LogP contribution in [0.25, 0.3) is 0 Å². The van der Waals surface area contributed by atoms with Crippen molar-refractivity contribution in [2.75, 3.05) is 0 Å². The molecule has 0 aromatic rings. The molecule has 22 heavy (non-hydrogen) atoms. The Morgan fingerprint density at radius 2 is 1.05 bits per heavy atom. The van der Waals surface area contributed by atoms with E-state index in [1.165, 1.54) is 57.8 Å². The van der Waals surface area contributed by atoms with E-state index in [4.69, 9.17) is 5.11 Å². The summed E-state index contributed by atoms with van der Waals surface area (Å²) >= 11 is 0. The summed E-state index contributed by atoms with van der Waals surface area (Å²) in [5.74, 6) is -0.657. The summed E-state index contributed by atoms with van der Waals surface area (Å²) in [7, 11) is 0. The van der Waals surface area contributed by atoms with Crippen molar-refractivity contribution < 1.29 is 9.90 Å². The quantitative estimate of drug-likeness (QED) is 0.306. The molecule has 0 aromatic carbocycles. The average Bonchev–Trinajstić information content (AvgIpc) is 2.46. The fourth-order valence-corrected chi connectivity index (χ4v) is 1.94. The third-order valence-electron chi connectivity index (χ3n) is 2.99.